The van der Waals surface area contributed by atoms with Crippen molar-refractivity contribution in [2.24, 2.45) is 0 Å². The van der Waals surface area contributed by atoms with Crippen molar-refractivity contribution in [1.82, 2.24) is 15.1 Å². The molecule has 26 heavy (non-hydrogen) atoms. The molecule has 0 bridgehead atoms. The largest absolute Gasteiger partial charge is 0.492 e. The van der Waals surface area contributed by atoms with E-state index in [2.05, 4.69) is 10.2 Å². The van der Waals surface area contributed by atoms with E-state index in [-0.39, 0.29) is 12.1 Å². The van der Waals surface area contributed by atoms with Crippen LogP contribution in [0.15, 0.2) is 46.9 Å². The lowest BCUT2D eigenvalue weighted by Gasteiger charge is -2.35. The van der Waals surface area contributed by atoms with Crippen LogP contribution in [-0.2, 0) is 0 Å². The fourth-order valence-electron chi connectivity index (χ4n) is 3.02. The van der Waals surface area contributed by atoms with Gasteiger partial charge in [0.15, 0.2) is 0 Å². The Morgan fingerprint density at radius 2 is 1.88 bits per heavy atom. The number of furan rings is 1. The van der Waals surface area contributed by atoms with E-state index in [1.54, 1.807) is 0 Å². The van der Waals surface area contributed by atoms with Crippen LogP contribution in [0.1, 0.15) is 24.5 Å². The summed E-state index contributed by atoms with van der Waals surface area (Å²) in [5, 5.41) is 3.01. The molecule has 2 amide bonds. The molecule has 0 aliphatic carbocycles. The summed E-state index contributed by atoms with van der Waals surface area (Å²) in [5.74, 6) is 2.53. The number of hydrogen-bond acceptors (Lipinski definition) is 4. The highest BCUT2D eigenvalue weighted by molar-refractivity contribution is 5.74. The molecule has 0 saturated carbocycles. The number of amides is 2. The highest BCUT2D eigenvalue weighted by Crippen LogP contribution is 2.16. The quantitative estimate of drug-likeness (QED) is 0.863. The molecule has 2 aromatic rings. The van der Waals surface area contributed by atoms with Crippen molar-refractivity contribution in [2.45, 2.75) is 19.9 Å². The molecule has 1 aliphatic heterocycles. The molecule has 1 aromatic carbocycles. The van der Waals surface area contributed by atoms with E-state index < -0.39 is 0 Å². The van der Waals surface area contributed by atoms with Crippen molar-refractivity contribution in [2.75, 3.05) is 39.3 Å². The van der Waals surface area contributed by atoms with Crippen LogP contribution < -0.4 is 10.1 Å². The van der Waals surface area contributed by atoms with Crippen molar-refractivity contribution in [3.63, 3.8) is 0 Å². The zero-order valence-corrected chi connectivity index (χ0v) is 15.5. The lowest BCUT2D eigenvalue weighted by Crippen LogP contribution is -2.52. The zero-order valence-electron chi connectivity index (χ0n) is 15.5. The monoisotopic (exact) mass is 357 g/mol. The third-order valence-electron chi connectivity index (χ3n) is 4.61. The van der Waals surface area contributed by atoms with E-state index in [1.165, 1.54) is 0 Å². The number of urea groups is 1. The Kier molecular flexibility index (Phi) is 6.17. The first kappa shape index (κ1) is 18.3. The number of piperazine rings is 1. The summed E-state index contributed by atoms with van der Waals surface area (Å²) in [4.78, 5) is 16.6. The number of benzene rings is 1. The Morgan fingerprint density at radius 1 is 1.15 bits per heavy atom. The van der Waals surface area contributed by atoms with Crippen LogP contribution in [0.3, 0.4) is 0 Å². The molecule has 6 heteroatoms. The number of carbonyl (C=O) groups is 1. The third kappa shape index (κ3) is 5.02. The molecule has 2 heterocycles. The van der Waals surface area contributed by atoms with E-state index in [1.807, 2.05) is 61.2 Å². The minimum atomic E-state index is -0.131. The molecule has 1 aromatic heterocycles. The Balaban J connectivity index is 1.37. The number of carbonyl (C=O) groups excluding carboxylic acids is 1. The molecule has 140 valence electrons. The minimum Gasteiger partial charge on any atom is -0.492 e. The molecular formula is C20H27N3O3. The number of ether oxygens (including phenoxy) is 1. The van der Waals surface area contributed by atoms with Gasteiger partial charge in [-0.3, -0.25) is 4.90 Å². The summed E-state index contributed by atoms with van der Waals surface area (Å²) in [6.45, 7) is 8.53. The van der Waals surface area contributed by atoms with Gasteiger partial charge in [0.05, 0.1) is 6.04 Å². The number of nitrogens with one attached hydrogen (secondary N) is 1. The van der Waals surface area contributed by atoms with Gasteiger partial charge < -0.3 is 19.4 Å². The molecule has 1 fully saturated rings. The van der Waals surface area contributed by atoms with Gasteiger partial charge in [0, 0.05) is 32.7 Å². The summed E-state index contributed by atoms with van der Waals surface area (Å²) < 4.78 is 11.3. The summed E-state index contributed by atoms with van der Waals surface area (Å²) in [6, 6.07) is 13.5. The van der Waals surface area contributed by atoms with Gasteiger partial charge in [0.25, 0.3) is 0 Å². The smallest absolute Gasteiger partial charge is 0.318 e. The first-order valence-electron chi connectivity index (χ1n) is 9.14. The molecule has 0 spiro atoms. The number of nitrogens with zero attached hydrogens (tertiary/aromatic N) is 2. The van der Waals surface area contributed by atoms with Crippen molar-refractivity contribution in [3.05, 3.63) is 54.0 Å². The van der Waals surface area contributed by atoms with E-state index in [0.29, 0.717) is 6.61 Å². The van der Waals surface area contributed by atoms with E-state index in [4.69, 9.17) is 9.15 Å². The van der Waals surface area contributed by atoms with Crippen LogP contribution in [0.4, 0.5) is 4.79 Å². The van der Waals surface area contributed by atoms with Gasteiger partial charge in [-0.25, -0.2) is 4.79 Å². The molecule has 1 aliphatic rings. The Bertz CT molecular complexity index is 693. The van der Waals surface area contributed by atoms with Gasteiger partial charge in [-0.2, -0.15) is 0 Å². The van der Waals surface area contributed by atoms with E-state index in [0.717, 1.165) is 50.0 Å². The Hall–Kier alpha value is -2.47. The van der Waals surface area contributed by atoms with Gasteiger partial charge in [-0.1, -0.05) is 18.2 Å². The predicted molar refractivity (Wildman–Crippen MR) is 100 cm³/mol. The maximum Gasteiger partial charge on any atom is 0.318 e. The second kappa shape index (κ2) is 8.76. The second-order valence-electron chi connectivity index (χ2n) is 6.61. The summed E-state index contributed by atoms with van der Waals surface area (Å²) in [6.07, 6.45) is 0. The van der Waals surface area contributed by atoms with E-state index in [9.17, 15) is 4.79 Å². The van der Waals surface area contributed by atoms with Crippen molar-refractivity contribution >= 4 is 6.03 Å². The van der Waals surface area contributed by atoms with Crippen LogP contribution in [0.25, 0.3) is 0 Å². The second-order valence-corrected chi connectivity index (χ2v) is 6.61. The summed E-state index contributed by atoms with van der Waals surface area (Å²) in [5.41, 5.74) is 0. The number of hydrogen-bond donors (Lipinski definition) is 1. The molecule has 6 nitrogen and oxygen atoms in total. The lowest BCUT2D eigenvalue weighted by atomic mass is 10.2. The fourth-order valence-corrected chi connectivity index (χ4v) is 3.02. The average molecular weight is 357 g/mol. The van der Waals surface area contributed by atoms with Gasteiger partial charge >= 0.3 is 6.03 Å². The third-order valence-corrected chi connectivity index (χ3v) is 4.61. The molecule has 1 saturated heterocycles. The first-order chi connectivity index (χ1) is 12.6. The van der Waals surface area contributed by atoms with Crippen LogP contribution in [0.5, 0.6) is 5.75 Å². The van der Waals surface area contributed by atoms with Gasteiger partial charge in [-0.15, -0.1) is 0 Å². The molecule has 1 atom stereocenters. The van der Waals surface area contributed by atoms with Gasteiger partial charge in [0.1, 0.15) is 23.9 Å². The van der Waals surface area contributed by atoms with Crippen LogP contribution in [0, 0.1) is 6.92 Å². The van der Waals surface area contributed by atoms with Crippen molar-refractivity contribution in [1.29, 1.82) is 0 Å². The number of para-hydroxylation sites is 1. The Labute approximate surface area is 154 Å². The SMILES string of the molecule is Cc1ccc(C(C)NC(=O)N2CCN(CCOc3ccccc3)CC2)o1. The Morgan fingerprint density at radius 3 is 2.54 bits per heavy atom. The normalized spacial score (nSPS) is 16.3. The maximum atomic E-state index is 12.4. The summed E-state index contributed by atoms with van der Waals surface area (Å²) >= 11 is 0. The van der Waals surface area contributed by atoms with Gasteiger partial charge in [0.2, 0.25) is 0 Å². The molecular weight excluding hydrogens is 330 g/mol. The van der Waals surface area contributed by atoms with Gasteiger partial charge in [-0.05, 0) is 38.1 Å². The van der Waals surface area contributed by atoms with Crippen LogP contribution in [-0.4, -0.2) is 55.2 Å². The topological polar surface area (TPSA) is 58.0 Å². The fraction of sp³-hybridized carbons (Fsp3) is 0.450. The number of rotatable bonds is 6. The van der Waals surface area contributed by atoms with Crippen LogP contribution >= 0.6 is 0 Å². The predicted octanol–water partition coefficient (Wildman–Crippen LogP) is 3.06. The van der Waals surface area contributed by atoms with Crippen LogP contribution in [0.2, 0.25) is 0 Å². The number of aryl methyl sites for hydroxylation is 1. The molecule has 1 N–H and O–H groups in total. The van der Waals surface area contributed by atoms with Crippen molar-refractivity contribution in [3.8, 4) is 5.75 Å². The lowest BCUT2D eigenvalue weighted by molar-refractivity contribution is 0.124. The highest BCUT2D eigenvalue weighted by atomic mass is 16.5. The molecule has 1 unspecified atom stereocenters. The highest BCUT2D eigenvalue weighted by Gasteiger charge is 2.23. The average Bonchev–Trinajstić information content (AvgIpc) is 3.10. The molecule has 3 rings (SSSR count). The standard InChI is InChI=1S/C20H27N3O3/c1-16-8-9-19(26-16)17(2)21-20(24)23-12-10-22(11-13-23)14-15-25-18-6-4-3-5-7-18/h3-9,17H,10-15H2,1-2H3,(H,21,24). The minimum absolute atomic E-state index is 0.0354. The first-order valence-corrected chi connectivity index (χ1v) is 9.14. The summed E-state index contributed by atoms with van der Waals surface area (Å²) in [7, 11) is 0. The van der Waals surface area contributed by atoms with E-state index >= 15 is 0 Å². The molecule has 0 radical (unpaired) electrons. The van der Waals surface area contributed by atoms with Crippen molar-refractivity contribution < 1.29 is 13.9 Å². The maximum absolute atomic E-state index is 12.4. The zero-order chi connectivity index (χ0) is 18.4.